The Labute approximate surface area is 93.5 Å². The van der Waals surface area contributed by atoms with Gasteiger partial charge in [0.2, 0.25) is 5.91 Å². The third-order valence-electron chi connectivity index (χ3n) is 2.31. The van der Waals surface area contributed by atoms with Gasteiger partial charge in [-0.1, -0.05) is 0 Å². The van der Waals surface area contributed by atoms with Gasteiger partial charge in [0.25, 0.3) is 0 Å². The number of primary amides is 1. The van der Waals surface area contributed by atoms with E-state index in [1.807, 2.05) is 30.5 Å². The molecule has 0 bridgehead atoms. The van der Waals surface area contributed by atoms with Crippen molar-refractivity contribution in [1.29, 1.82) is 0 Å². The average molecular weight is 215 g/mol. The number of anilines is 1. The molecule has 0 aliphatic carbocycles. The summed E-state index contributed by atoms with van der Waals surface area (Å²) in [6.07, 6.45) is 1.88. The van der Waals surface area contributed by atoms with Crippen molar-refractivity contribution >= 4 is 11.6 Å². The van der Waals surface area contributed by atoms with Crippen LogP contribution in [0.5, 0.6) is 0 Å². The van der Waals surface area contributed by atoms with Crippen LogP contribution in [-0.2, 0) is 6.54 Å². The zero-order valence-corrected chi connectivity index (χ0v) is 8.73. The van der Waals surface area contributed by atoms with Crippen molar-refractivity contribution in [2.24, 2.45) is 5.73 Å². The first kappa shape index (κ1) is 10.3. The first-order chi connectivity index (χ1) is 7.75. The van der Waals surface area contributed by atoms with Crippen LogP contribution in [0, 0.1) is 0 Å². The molecule has 1 aromatic carbocycles. The third kappa shape index (κ3) is 2.42. The number of hydrogen-bond acceptors (Lipinski definition) is 2. The zero-order valence-electron chi connectivity index (χ0n) is 8.73. The van der Waals surface area contributed by atoms with Crippen LogP contribution < -0.4 is 11.1 Å². The van der Waals surface area contributed by atoms with E-state index >= 15 is 0 Å². The number of amides is 1. The van der Waals surface area contributed by atoms with Gasteiger partial charge in [0.05, 0.1) is 6.54 Å². The lowest BCUT2D eigenvalue weighted by Crippen LogP contribution is -2.10. The lowest BCUT2D eigenvalue weighted by atomic mass is 10.2. The van der Waals surface area contributed by atoms with Crippen molar-refractivity contribution in [2.45, 2.75) is 6.54 Å². The Morgan fingerprint density at radius 1 is 1.25 bits per heavy atom. The molecule has 0 aliphatic rings. The van der Waals surface area contributed by atoms with Gasteiger partial charge in [0.1, 0.15) is 0 Å². The number of carbonyl (C=O) groups is 1. The van der Waals surface area contributed by atoms with Gasteiger partial charge in [-0.05, 0) is 36.4 Å². The van der Waals surface area contributed by atoms with Crippen LogP contribution in [0.4, 0.5) is 5.69 Å². The average Bonchev–Trinajstić information content (AvgIpc) is 2.80. The Morgan fingerprint density at radius 3 is 2.56 bits per heavy atom. The molecule has 1 aromatic heterocycles. The number of rotatable bonds is 4. The minimum atomic E-state index is -0.407. The van der Waals surface area contributed by atoms with Gasteiger partial charge < -0.3 is 16.0 Å². The summed E-state index contributed by atoms with van der Waals surface area (Å²) in [4.78, 5) is 14.0. The first-order valence-corrected chi connectivity index (χ1v) is 5.02. The molecular formula is C12H13N3O. The second kappa shape index (κ2) is 4.53. The number of carbonyl (C=O) groups excluding carboxylic acids is 1. The second-order valence-electron chi connectivity index (χ2n) is 3.49. The lowest BCUT2D eigenvalue weighted by Gasteiger charge is -2.05. The van der Waals surface area contributed by atoms with Crippen molar-refractivity contribution in [3.8, 4) is 0 Å². The van der Waals surface area contributed by atoms with E-state index in [2.05, 4.69) is 10.3 Å². The number of benzene rings is 1. The standard InChI is InChI=1S/C12H13N3O/c13-12(16)9-3-5-10(6-4-9)15-8-11-2-1-7-14-11/h1-7,14-15H,8H2,(H2,13,16). The summed E-state index contributed by atoms with van der Waals surface area (Å²) in [7, 11) is 0. The number of aromatic amines is 1. The van der Waals surface area contributed by atoms with E-state index in [9.17, 15) is 4.79 Å². The van der Waals surface area contributed by atoms with Crippen molar-refractivity contribution in [3.05, 3.63) is 53.9 Å². The Morgan fingerprint density at radius 2 is 2.00 bits per heavy atom. The van der Waals surface area contributed by atoms with E-state index in [4.69, 9.17) is 5.73 Å². The Bertz CT molecular complexity index is 460. The topological polar surface area (TPSA) is 70.9 Å². The maximum absolute atomic E-state index is 10.9. The van der Waals surface area contributed by atoms with Gasteiger partial charge in [-0.15, -0.1) is 0 Å². The van der Waals surface area contributed by atoms with Gasteiger partial charge in [-0.25, -0.2) is 0 Å². The highest BCUT2D eigenvalue weighted by molar-refractivity contribution is 5.93. The molecule has 82 valence electrons. The van der Waals surface area contributed by atoms with E-state index < -0.39 is 5.91 Å². The molecular weight excluding hydrogens is 202 g/mol. The highest BCUT2D eigenvalue weighted by Gasteiger charge is 1.99. The van der Waals surface area contributed by atoms with Crippen molar-refractivity contribution < 1.29 is 4.79 Å². The quantitative estimate of drug-likeness (QED) is 0.726. The monoisotopic (exact) mass is 215 g/mol. The van der Waals surface area contributed by atoms with Crippen LogP contribution in [0.25, 0.3) is 0 Å². The van der Waals surface area contributed by atoms with Gasteiger partial charge in [-0.2, -0.15) is 0 Å². The molecule has 0 saturated heterocycles. The van der Waals surface area contributed by atoms with Crippen LogP contribution in [-0.4, -0.2) is 10.9 Å². The van der Waals surface area contributed by atoms with Gasteiger partial charge >= 0.3 is 0 Å². The minimum Gasteiger partial charge on any atom is -0.379 e. The predicted octanol–water partition coefficient (Wildman–Crippen LogP) is 1.73. The molecule has 0 saturated carbocycles. The Hall–Kier alpha value is -2.23. The predicted molar refractivity (Wildman–Crippen MR) is 63.1 cm³/mol. The van der Waals surface area contributed by atoms with Gasteiger partial charge in [0, 0.05) is 23.1 Å². The molecule has 0 fully saturated rings. The fourth-order valence-corrected chi connectivity index (χ4v) is 1.43. The van der Waals surface area contributed by atoms with Crippen molar-refractivity contribution in [2.75, 3.05) is 5.32 Å². The summed E-state index contributed by atoms with van der Waals surface area (Å²) in [6.45, 7) is 0.725. The number of nitrogens with two attached hydrogens (primary N) is 1. The third-order valence-corrected chi connectivity index (χ3v) is 2.31. The highest BCUT2D eigenvalue weighted by atomic mass is 16.1. The molecule has 4 heteroatoms. The van der Waals surface area contributed by atoms with Gasteiger partial charge in [-0.3, -0.25) is 4.79 Å². The molecule has 0 radical (unpaired) electrons. The SMILES string of the molecule is NC(=O)c1ccc(NCc2ccc[nH]2)cc1. The number of nitrogens with one attached hydrogen (secondary N) is 2. The molecule has 0 spiro atoms. The molecule has 0 atom stereocenters. The molecule has 4 N–H and O–H groups in total. The molecule has 0 aliphatic heterocycles. The summed E-state index contributed by atoms with van der Waals surface area (Å²) in [5.74, 6) is -0.407. The molecule has 1 heterocycles. The fourth-order valence-electron chi connectivity index (χ4n) is 1.43. The number of aromatic nitrogens is 1. The Kier molecular flexibility index (Phi) is 2.91. The molecule has 4 nitrogen and oxygen atoms in total. The van der Waals surface area contributed by atoms with Crippen LogP contribution in [0.3, 0.4) is 0 Å². The lowest BCUT2D eigenvalue weighted by molar-refractivity contribution is 0.100. The van der Waals surface area contributed by atoms with E-state index in [1.165, 1.54) is 0 Å². The summed E-state index contributed by atoms with van der Waals surface area (Å²) < 4.78 is 0. The van der Waals surface area contributed by atoms with Gasteiger partial charge in [0.15, 0.2) is 0 Å². The molecule has 2 rings (SSSR count). The maximum atomic E-state index is 10.9. The first-order valence-electron chi connectivity index (χ1n) is 5.02. The second-order valence-corrected chi connectivity index (χ2v) is 3.49. The summed E-state index contributed by atoms with van der Waals surface area (Å²) in [6, 6.07) is 11.0. The molecule has 0 unspecified atom stereocenters. The number of H-pyrrole nitrogens is 1. The zero-order chi connectivity index (χ0) is 11.4. The summed E-state index contributed by atoms with van der Waals surface area (Å²) in [5, 5.41) is 3.23. The number of hydrogen-bond donors (Lipinski definition) is 3. The van der Waals surface area contributed by atoms with E-state index in [-0.39, 0.29) is 0 Å². The van der Waals surface area contributed by atoms with Crippen LogP contribution in [0.1, 0.15) is 16.1 Å². The molecule has 2 aromatic rings. The van der Waals surface area contributed by atoms with Crippen LogP contribution in [0.15, 0.2) is 42.6 Å². The Balaban J connectivity index is 1.98. The van der Waals surface area contributed by atoms with Crippen molar-refractivity contribution in [1.82, 2.24) is 4.98 Å². The molecule has 16 heavy (non-hydrogen) atoms. The maximum Gasteiger partial charge on any atom is 0.248 e. The van der Waals surface area contributed by atoms with Crippen molar-refractivity contribution in [3.63, 3.8) is 0 Å². The summed E-state index contributed by atoms with van der Waals surface area (Å²) >= 11 is 0. The van der Waals surface area contributed by atoms with E-state index in [1.54, 1.807) is 12.1 Å². The largest absolute Gasteiger partial charge is 0.379 e. The van der Waals surface area contributed by atoms with E-state index in [0.717, 1.165) is 17.9 Å². The fraction of sp³-hybridized carbons (Fsp3) is 0.0833. The normalized spacial score (nSPS) is 10.0. The molecule has 1 amide bonds. The smallest absolute Gasteiger partial charge is 0.248 e. The minimum absolute atomic E-state index is 0.407. The van der Waals surface area contributed by atoms with Crippen LogP contribution >= 0.6 is 0 Å². The summed E-state index contributed by atoms with van der Waals surface area (Å²) in [5.41, 5.74) is 7.74. The highest BCUT2D eigenvalue weighted by Crippen LogP contribution is 2.10. The van der Waals surface area contributed by atoms with Crippen LogP contribution in [0.2, 0.25) is 0 Å². The van der Waals surface area contributed by atoms with E-state index in [0.29, 0.717) is 5.56 Å².